The lowest BCUT2D eigenvalue weighted by Gasteiger charge is -2.35. The molecule has 3 nitrogen and oxygen atoms in total. The topological polar surface area (TPSA) is 49.3 Å². The van der Waals surface area contributed by atoms with E-state index in [1.54, 1.807) is 0 Å². The fourth-order valence-corrected chi connectivity index (χ4v) is 1.82. The van der Waals surface area contributed by atoms with Crippen LogP contribution in [0, 0.1) is 6.92 Å². The summed E-state index contributed by atoms with van der Waals surface area (Å²) >= 11 is 0. The largest absolute Gasteiger partial charge is 0.480 e. The summed E-state index contributed by atoms with van der Waals surface area (Å²) in [5.74, 6) is -0.755. The van der Waals surface area contributed by atoms with Crippen LogP contribution in [-0.4, -0.2) is 17.1 Å². The number of carboxylic acids is 1. The Hall–Kier alpha value is -1.35. The molecule has 1 fully saturated rings. The van der Waals surface area contributed by atoms with Gasteiger partial charge in [0.2, 0.25) is 0 Å². The van der Waals surface area contributed by atoms with Gasteiger partial charge in [0.05, 0.1) is 0 Å². The van der Waals surface area contributed by atoms with Crippen LogP contribution in [0.4, 0.5) is 0 Å². The SMILES string of the molecule is Cc1ccccc1C1CC(C(=O)O)N1. The molecule has 0 amide bonds. The second-order valence-electron chi connectivity index (χ2n) is 3.70. The summed E-state index contributed by atoms with van der Waals surface area (Å²) in [6.45, 7) is 2.05. The Morgan fingerprint density at radius 3 is 2.71 bits per heavy atom. The van der Waals surface area contributed by atoms with Crippen molar-refractivity contribution in [2.45, 2.75) is 25.4 Å². The molecule has 1 aromatic carbocycles. The first-order valence-electron chi connectivity index (χ1n) is 4.73. The molecule has 3 heteroatoms. The number of aliphatic carboxylic acids is 1. The van der Waals surface area contributed by atoms with E-state index in [-0.39, 0.29) is 12.1 Å². The Morgan fingerprint density at radius 1 is 1.50 bits per heavy atom. The number of carboxylic acid groups (broad SMARTS) is 1. The Balaban J connectivity index is 2.07. The highest BCUT2D eigenvalue weighted by Crippen LogP contribution is 2.29. The monoisotopic (exact) mass is 191 g/mol. The molecule has 74 valence electrons. The number of aryl methyl sites for hydroxylation is 1. The Labute approximate surface area is 82.8 Å². The lowest BCUT2D eigenvalue weighted by atomic mass is 9.88. The summed E-state index contributed by atoms with van der Waals surface area (Å²) in [4.78, 5) is 10.6. The highest BCUT2D eigenvalue weighted by Gasteiger charge is 2.34. The van der Waals surface area contributed by atoms with E-state index in [9.17, 15) is 4.79 Å². The number of nitrogens with one attached hydrogen (secondary N) is 1. The summed E-state index contributed by atoms with van der Waals surface area (Å²) in [5.41, 5.74) is 2.43. The minimum atomic E-state index is -0.755. The van der Waals surface area contributed by atoms with Crippen molar-refractivity contribution in [2.24, 2.45) is 0 Å². The van der Waals surface area contributed by atoms with Crippen LogP contribution in [0.2, 0.25) is 0 Å². The molecule has 14 heavy (non-hydrogen) atoms. The zero-order valence-corrected chi connectivity index (χ0v) is 8.03. The molecule has 1 aliphatic heterocycles. The molecule has 0 spiro atoms. The first-order valence-corrected chi connectivity index (χ1v) is 4.73. The maximum absolute atomic E-state index is 10.6. The molecule has 0 aliphatic carbocycles. The van der Waals surface area contributed by atoms with Gasteiger partial charge >= 0.3 is 5.97 Å². The Bertz CT molecular complexity index is 356. The smallest absolute Gasteiger partial charge is 0.320 e. The summed E-state index contributed by atoms with van der Waals surface area (Å²) in [6.07, 6.45) is 0.695. The standard InChI is InChI=1S/C11H13NO2/c1-7-4-2-3-5-8(7)9-6-10(12-9)11(13)14/h2-5,9-10,12H,6H2,1H3,(H,13,14). The molecule has 2 unspecified atom stereocenters. The summed E-state index contributed by atoms with van der Waals surface area (Å²) < 4.78 is 0. The van der Waals surface area contributed by atoms with Crippen LogP contribution in [0.25, 0.3) is 0 Å². The minimum absolute atomic E-state index is 0.220. The van der Waals surface area contributed by atoms with Gasteiger partial charge in [-0.15, -0.1) is 0 Å². The maximum atomic E-state index is 10.6. The normalized spacial score (nSPS) is 25.5. The summed E-state index contributed by atoms with van der Waals surface area (Å²) in [6, 6.07) is 7.93. The van der Waals surface area contributed by atoms with Crippen LogP contribution in [0.15, 0.2) is 24.3 Å². The Kier molecular flexibility index (Phi) is 2.25. The fraction of sp³-hybridized carbons (Fsp3) is 0.364. The highest BCUT2D eigenvalue weighted by atomic mass is 16.4. The minimum Gasteiger partial charge on any atom is -0.480 e. The van der Waals surface area contributed by atoms with Gasteiger partial charge < -0.3 is 5.11 Å². The van der Waals surface area contributed by atoms with Crippen LogP contribution in [0.3, 0.4) is 0 Å². The number of hydrogen-bond acceptors (Lipinski definition) is 2. The first kappa shape index (κ1) is 9.21. The zero-order valence-electron chi connectivity index (χ0n) is 8.03. The van der Waals surface area contributed by atoms with Gasteiger partial charge in [-0.05, 0) is 24.5 Å². The van der Waals surface area contributed by atoms with Gasteiger partial charge in [0.15, 0.2) is 0 Å². The van der Waals surface area contributed by atoms with Crippen molar-refractivity contribution in [1.29, 1.82) is 0 Å². The average molecular weight is 191 g/mol. The average Bonchev–Trinajstić information content (AvgIpc) is 2.05. The van der Waals surface area contributed by atoms with E-state index >= 15 is 0 Å². The third-order valence-electron chi connectivity index (χ3n) is 2.74. The van der Waals surface area contributed by atoms with Gasteiger partial charge in [-0.2, -0.15) is 0 Å². The van der Waals surface area contributed by atoms with Crippen LogP contribution < -0.4 is 5.32 Å². The molecule has 0 bridgehead atoms. The van der Waals surface area contributed by atoms with Gasteiger partial charge in [0.25, 0.3) is 0 Å². The van der Waals surface area contributed by atoms with E-state index in [4.69, 9.17) is 5.11 Å². The van der Waals surface area contributed by atoms with Crippen molar-refractivity contribution >= 4 is 5.97 Å². The van der Waals surface area contributed by atoms with Gasteiger partial charge in [0.1, 0.15) is 6.04 Å². The van der Waals surface area contributed by atoms with E-state index in [1.807, 2.05) is 31.2 Å². The first-order chi connectivity index (χ1) is 6.68. The molecule has 1 aliphatic rings. The van der Waals surface area contributed by atoms with Crippen LogP contribution in [-0.2, 0) is 4.79 Å². The number of rotatable bonds is 2. The van der Waals surface area contributed by atoms with Crippen LogP contribution in [0.5, 0.6) is 0 Å². The van der Waals surface area contributed by atoms with Crippen molar-refractivity contribution in [2.75, 3.05) is 0 Å². The molecule has 1 saturated heterocycles. The van der Waals surface area contributed by atoms with Crippen molar-refractivity contribution in [3.8, 4) is 0 Å². The fourth-order valence-electron chi connectivity index (χ4n) is 1.82. The van der Waals surface area contributed by atoms with Crippen molar-refractivity contribution in [1.82, 2.24) is 5.32 Å². The van der Waals surface area contributed by atoms with E-state index in [1.165, 1.54) is 11.1 Å². The third kappa shape index (κ3) is 1.51. The molecule has 2 rings (SSSR count). The van der Waals surface area contributed by atoms with Crippen molar-refractivity contribution in [3.63, 3.8) is 0 Å². The predicted octanol–water partition coefficient (Wildman–Crippen LogP) is 1.48. The Morgan fingerprint density at radius 2 is 2.14 bits per heavy atom. The van der Waals surface area contributed by atoms with Gasteiger partial charge in [0, 0.05) is 6.04 Å². The van der Waals surface area contributed by atoms with E-state index < -0.39 is 5.97 Å². The van der Waals surface area contributed by atoms with Crippen LogP contribution >= 0.6 is 0 Å². The van der Waals surface area contributed by atoms with E-state index in [0.717, 1.165) is 0 Å². The molecule has 0 saturated carbocycles. The quantitative estimate of drug-likeness (QED) is 0.744. The molecule has 2 N–H and O–H groups in total. The second-order valence-corrected chi connectivity index (χ2v) is 3.70. The van der Waals surface area contributed by atoms with E-state index in [0.29, 0.717) is 6.42 Å². The van der Waals surface area contributed by atoms with Crippen molar-refractivity contribution in [3.05, 3.63) is 35.4 Å². The molecule has 2 atom stereocenters. The zero-order chi connectivity index (χ0) is 10.1. The number of benzene rings is 1. The van der Waals surface area contributed by atoms with Crippen molar-refractivity contribution < 1.29 is 9.90 Å². The molecule has 0 aromatic heterocycles. The van der Waals surface area contributed by atoms with Gasteiger partial charge in [-0.3, -0.25) is 10.1 Å². The second kappa shape index (κ2) is 3.42. The molecule has 0 radical (unpaired) electrons. The number of carbonyl (C=O) groups is 1. The summed E-state index contributed by atoms with van der Waals surface area (Å²) in [5, 5.41) is 11.7. The lowest BCUT2D eigenvalue weighted by molar-refractivity contribution is -0.142. The summed E-state index contributed by atoms with van der Waals surface area (Å²) in [7, 11) is 0. The molecule has 1 aromatic rings. The van der Waals surface area contributed by atoms with Gasteiger partial charge in [-0.25, -0.2) is 0 Å². The molecule has 1 heterocycles. The maximum Gasteiger partial charge on any atom is 0.320 e. The highest BCUT2D eigenvalue weighted by molar-refractivity contribution is 5.75. The predicted molar refractivity (Wildman–Crippen MR) is 53.1 cm³/mol. The van der Waals surface area contributed by atoms with Gasteiger partial charge in [-0.1, -0.05) is 24.3 Å². The lowest BCUT2D eigenvalue weighted by Crippen LogP contribution is -2.51. The molecular formula is C11H13NO2. The third-order valence-corrected chi connectivity index (χ3v) is 2.74. The van der Waals surface area contributed by atoms with E-state index in [2.05, 4.69) is 5.32 Å². The number of hydrogen-bond donors (Lipinski definition) is 2. The van der Waals surface area contributed by atoms with Crippen LogP contribution in [0.1, 0.15) is 23.6 Å². The molecular weight excluding hydrogens is 178 g/mol.